The van der Waals surface area contributed by atoms with E-state index in [1.165, 1.54) is 40.9 Å². The minimum atomic E-state index is -0.499. The molecule has 6 nitrogen and oxygen atoms in total. The number of rotatable bonds is 5. The van der Waals surface area contributed by atoms with Gasteiger partial charge in [-0.1, -0.05) is 25.1 Å². The van der Waals surface area contributed by atoms with Crippen molar-refractivity contribution in [1.82, 2.24) is 0 Å². The van der Waals surface area contributed by atoms with Crippen LogP contribution in [-0.4, -0.2) is 22.5 Å². The number of nitro groups is 1. The first-order chi connectivity index (χ1) is 12.5. The summed E-state index contributed by atoms with van der Waals surface area (Å²) in [5, 5.41) is 10.9. The Labute approximate surface area is 154 Å². The molecule has 0 aliphatic carbocycles. The average molecular weight is 368 g/mol. The van der Waals surface area contributed by atoms with Gasteiger partial charge in [-0.3, -0.25) is 19.7 Å². The lowest BCUT2D eigenvalue weighted by atomic mass is 10.1. The first-order valence-electron chi connectivity index (χ1n) is 8.02. The number of imide groups is 1. The van der Waals surface area contributed by atoms with Gasteiger partial charge in [-0.25, -0.2) is 4.90 Å². The molecule has 1 aliphatic rings. The van der Waals surface area contributed by atoms with Gasteiger partial charge in [-0.05, 0) is 42.0 Å². The highest BCUT2D eigenvalue weighted by atomic mass is 32.2. The van der Waals surface area contributed by atoms with Crippen molar-refractivity contribution in [3.05, 3.63) is 74.7 Å². The third-order valence-corrected chi connectivity index (χ3v) is 5.01. The molecule has 2 aromatic rings. The van der Waals surface area contributed by atoms with Crippen LogP contribution in [0.4, 0.5) is 11.4 Å². The molecule has 26 heavy (non-hydrogen) atoms. The molecular formula is C19H16N2O4S. The maximum Gasteiger partial charge on any atom is 0.272 e. The quantitative estimate of drug-likeness (QED) is 0.454. The van der Waals surface area contributed by atoms with Gasteiger partial charge in [-0.15, -0.1) is 11.8 Å². The number of para-hydroxylation sites is 1. The van der Waals surface area contributed by atoms with Gasteiger partial charge in [0.1, 0.15) is 0 Å². The van der Waals surface area contributed by atoms with Gasteiger partial charge in [0.25, 0.3) is 17.5 Å². The van der Waals surface area contributed by atoms with Crippen LogP contribution < -0.4 is 4.90 Å². The van der Waals surface area contributed by atoms with Crippen molar-refractivity contribution in [1.29, 1.82) is 0 Å². The van der Waals surface area contributed by atoms with Gasteiger partial charge in [0, 0.05) is 12.1 Å². The lowest BCUT2D eigenvalue weighted by Gasteiger charge is -2.17. The van der Waals surface area contributed by atoms with E-state index in [0.717, 1.165) is 5.56 Å². The van der Waals surface area contributed by atoms with E-state index in [2.05, 4.69) is 0 Å². The van der Waals surface area contributed by atoms with Gasteiger partial charge in [-0.2, -0.15) is 0 Å². The zero-order chi connectivity index (χ0) is 18.8. The molecule has 0 saturated carbocycles. The number of hydrogen-bond donors (Lipinski definition) is 0. The number of anilines is 1. The van der Waals surface area contributed by atoms with Crippen molar-refractivity contribution in [3.8, 4) is 0 Å². The number of thioether (sulfide) groups is 1. The maximum absolute atomic E-state index is 13.1. The van der Waals surface area contributed by atoms with Crippen molar-refractivity contribution < 1.29 is 14.5 Å². The second-order valence-corrected chi connectivity index (χ2v) is 6.95. The monoisotopic (exact) mass is 368 g/mol. The van der Waals surface area contributed by atoms with Crippen LogP contribution in [0, 0.1) is 17.0 Å². The highest BCUT2D eigenvalue weighted by Crippen LogP contribution is 2.39. The van der Waals surface area contributed by atoms with Gasteiger partial charge in [0.15, 0.2) is 0 Å². The largest absolute Gasteiger partial charge is 0.272 e. The Kier molecular flexibility index (Phi) is 4.90. The summed E-state index contributed by atoms with van der Waals surface area (Å²) < 4.78 is 0. The Morgan fingerprint density at radius 2 is 1.69 bits per heavy atom. The predicted octanol–water partition coefficient (Wildman–Crippen LogP) is 3.94. The Bertz CT molecular complexity index is 935. The molecule has 2 aromatic carbocycles. The Balaban J connectivity index is 2.09. The number of carbonyl (C=O) groups is 2. The van der Waals surface area contributed by atoms with Crippen LogP contribution in [-0.2, 0) is 9.59 Å². The molecule has 1 aliphatic heterocycles. The highest BCUT2D eigenvalue weighted by Gasteiger charge is 2.40. The summed E-state index contributed by atoms with van der Waals surface area (Å²) in [4.78, 5) is 37.9. The van der Waals surface area contributed by atoms with Crippen molar-refractivity contribution >= 4 is 40.5 Å². The summed E-state index contributed by atoms with van der Waals surface area (Å²) >= 11 is 1.30. The first-order valence-corrected chi connectivity index (χ1v) is 9.00. The number of benzene rings is 2. The average Bonchev–Trinajstić information content (AvgIpc) is 2.86. The molecule has 132 valence electrons. The topological polar surface area (TPSA) is 80.5 Å². The summed E-state index contributed by atoms with van der Waals surface area (Å²) in [6, 6.07) is 12.9. The number of nitro benzene ring substituents is 1. The molecule has 0 unspecified atom stereocenters. The standard InChI is InChI=1S/C19H16N2O4S/c1-3-26-17-16(13-8-10-14(11-9-13)21(24)25)18(22)20(19(17)23)15-7-5-4-6-12(15)2/h4-11H,3H2,1-2H3. The van der Waals surface area contributed by atoms with Crippen LogP contribution in [0.2, 0.25) is 0 Å². The van der Waals surface area contributed by atoms with Gasteiger partial charge >= 0.3 is 0 Å². The second-order valence-electron chi connectivity index (χ2n) is 5.67. The van der Waals surface area contributed by atoms with Gasteiger partial charge in [0.05, 0.1) is 21.1 Å². The molecule has 0 spiro atoms. The summed E-state index contributed by atoms with van der Waals surface area (Å²) in [5.41, 5.74) is 2.10. The normalized spacial score (nSPS) is 14.3. The third-order valence-electron chi connectivity index (χ3n) is 4.05. The van der Waals surface area contributed by atoms with Crippen LogP contribution in [0.25, 0.3) is 5.57 Å². The maximum atomic E-state index is 13.1. The number of nitrogens with zero attached hydrogens (tertiary/aromatic N) is 2. The van der Waals surface area contributed by atoms with Gasteiger partial charge < -0.3 is 0 Å². The molecule has 0 atom stereocenters. The van der Waals surface area contributed by atoms with E-state index in [1.54, 1.807) is 12.1 Å². The lowest BCUT2D eigenvalue weighted by molar-refractivity contribution is -0.384. The fourth-order valence-electron chi connectivity index (χ4n) is 2.83. The van der Waals surface area contributed by atoms with E-state index >= 15 is 0 Å². The molecular weight excluding hydrogens is 352 g/mol. The Hall–Kier alpha value is -2.93. The van der Waals surface area contributed by atoms with Crippen LogP contribution in [0.1, 0.15) is 18.1 Å². The minimum absolute atomic E-state index is 0.0634. The van der Waals surface area contributed by atoms with Crippen molar-refractivity contribution in [2.45, 2.75) is 13.8 Å². The van der Waals surface area contributed by atoms with E-state index in [9.17, 15) is 19.7 Å². The third kappa shape index (κ3) is 3.01. The zero-order valence-electron chi connectivity index (χ0n) is 14.3. The van der Waals surface area contributed by atoms with E-state index < -0.39 is 10.8 Å². The molecule has 0 bridgehead atoms. The summed E-state index contributed by atoms with van der Waals surface area (Å²) in [6.07, 6.45) is 0. The Morgan fingerprint density at radius 1 is 1.04 bits per heavy atom. The lowest BCUT2D eigenvalue weighted by Crippen LogP contribution is -2.31. The number of carbonyl (C=O) groups excluding carboxylic acids is 2. The Morgan fingerprint density at radius 3 is 2.27 bits per heavy atom. The van der Waals surface area contributed by atoms with E-state index in [1.807, 2.05) is 26.0 Å². The summed E-state index contributed by atoms with van der Waals surface area (Å²) in [7, 11) is 0. The van der Waals surface area contributed by atoms with Crippen LogP contribution in [0.5, 0.6) is 0 Å². The molecule has 0 radical (unpaired) electrons. The highest BCUT2D eigenvalue weighted by molar-refractivity contribution is 8.04. The molecule has 1 heterocycles. The SMILES string of the molecule is CCSC1=C(c2ccc([N+](=O)[O-])cc2)C(=O)N(c2ccccc2C)C1=O. The van der Waals surface area contributed by atoms with Crippen LogP contribution in [0.15, 0.2) is 53.4 Å². The van der Waals surface area contributed by atoms with E-state index in [0.29, 0.717) is 27.5 Å². The molecule has 7 heteroatoms. The van der Waals surface area contributed by atoms with Crippen LogP contribution in [0.3, 0.4) is 0 Å². The van der Waals surface area contributed by atoms with Crippen molar-refractivity contribution in [3.63, 3.8) is 0 Å². The molecule has 2 amide bonds. The van der Waals surface area contributed by atoms with Crippen LogP contribution >= 0.6 is 11.8 Å². The molecule has 0 aromatic heterocycles. The molecule has 3 rings (SSSR count). The first kappa shape index (κ1) is 17.9. The van der Waals surface area contributed by atoms with Crippen molar-refractivity contribution in [2.75, 3.05) is 10.7 Å². The smallest absolute Gasteiger partial charge is 0.268 e. The fraction of sp³-hybridized carbons (Fsp3) is 0.158. The number of non-ortho nitro benzene ring substituents is 1. The minimum Gasteiger partial charge on any atom is -0.268 e. The molecule has 0 N–H and O–H groups in total. The fourth-order valence-corrected chi connectivity index (χ4v) is 3.68. The van der Waals surface area contributed by atoms with E-state index in [4.69, 9.17) is 0 Å². The molecule has 0 saturated heterocycles. The summed E-state index contributed by atoms with van der Waals surface area (Å²) in [6.45, 7) is 3.74. The zero-order valence-corrected chi connectivity index (χ0v) is 15.1. The predicted molar refractivity (Wildman–Crippen MR) is 102 cm³/mol. The number of aryl methyl sites for hydroxylation is 1. The van der Waals surface area contributed by atoms with E-state index in [-0.39, 0.29) is 11.6 Å². The van der Waals surface area contributed by atoms with Crippen molar-refractivity contribution in [2.24, 2.45) is 0 Å². The second kappa shape index (κ2) is 7.13. The molecule has 0 fully saturated rings. The van der Waals surface area contributed by atoms with Gasteiger partial charge in [0.2, 0.25) is 0 Å². The summed E-state index contributed by atoms with van der Waals surface area (Å²) in [5.74, 6) is -0.134. The number of hydrogen-bond acceptors (Lipinski definition) is 5. The number of amides is 2.